The van der Waals surface area contributed by atoms with E-state index >= 15 is 0 Å². The molecule has 0 heterocycles. The fourth-order valence-corrected chi connectivity index (χ4v) is 2.10. The summed E-state index contributed by atoms with van der Waals surface area (Å²) in [5.41, 5.74) is 0.815. The molecular weight excluding hydrogens is 250 g/mol. The average Bonchev–Trinajstić information content (AvgIpc) is 2.36. The third-order valence-corrected chi connectivity index (χ3v) is 3.11. The van der Waals surface area contributed by atoms with Crippen molar-refractivity contribution in [2.75, 3.05) is 0 Å². The van der Waals surface area contributed by atoms with Crippen molar-refractivity contribution in [1.29, 1.82) is 0 Å². The molecule has 0 amide bonds. The molecule has 1 N–H and O–H groups in total. The van der Waals surface area contributed by atoms with E-state index in [2.05, 4.69) is 31.3 Å². The van der Waals surface area contributed by atoms with E-state index in [1.165, 1.54) is 5.56 Å². The van der Waals surface area contributed by atoms with E-state index < -0.39 is 5.60 Å². The molecule has 0 saturated carbocycles. The van der Waals surface area contributed by atoms with Gasteiger partial charge in [-0.3, -0.25) is 4.79 Å². The zero-order valence-corrected chi connectivity index (χ0v) is 13.3. The first-order chi connectivity index (χ1) is 9.31. The van der Waals surface area contributed by atoms with Crippen molar-refractivity contribution in [2.45, 2.75) is 65.1 Å². The van der Waals surface area contributed by atoms with E-state index in [1.54, 1.807) is 0 Å². The Kier molecular flexibility index (Phi) is 6.21. The Morgan fingerprint density at radius 3 is 2.35 bits per heavy atom. The molecule has 2 atom stereocenters. The quantitative estimate of drug-likeness (QED) is 0.803. The SMILES string of the molecule is CC[C@@H](CC(=O)OC(C)(C)C)NC(C)c1ccccc1. The van der Waals surface area contributed by atoms with Gasteiger partial charge in [-0.2, -0.15) is 0 Å². The van der Waals surface area contributed by atoms with E-state index in [1.807, 2.05) is 39.0 Å². The lowest BCUT2D eigenvalue weighted by molar-refractivity contribution is -0.155. The lowest BCUT2D eigenvalue weighted by Crippen LogP contribution is -2.35. The summed E-state index contributed by atoms with van der Waals surface area (Å²) < 4.78 is 5.38. The molecule has 0 bridgehead atoms. The molecule has 20 heavy (non-hydrogen) atoms. The Balaban J connectivity index is 2.53. The minimum atomic E-state index is -0.416. The Labute approximate surface area is 122 Å². The predicted molar refractivity (Wildman–Crippen MR) is 82.5 cm³/mol. The van der Waals surface area contributed by atoms with E-state index in [4.69, 9.17) is 4.74 Å². The third-order valence-electron chi connectivity index (χ3n) is 3.11. The van der Waals surface area contributed by atoms with Crippen LogP contribution in [0, 0.1) is 0 Å². The highest BCUT2D eigenvalue weighted by molar-refractivity contribution is 5.70. The molecule has 0 saturated heterocycles. The molecule has 1 unspecified atom stereocenters. The molecule has 0 aliphatic rings. The van der Waals surface area contributed by atoms with Gasteiger partial charge in [0.05, 0.1) is 6.42 Å². The van der Waals surface area contributed by atoms with Gasteiger partial charge >= 0.3 is 5.97 Å². The van der Waals surface area contributed by atoms with Gasteiger partial charge in [0.2, 0.25) is 0 Å². The van der Waals surface area contributed by atoms with E-state index in [9.17, 15) is 4.79 Å². The number of ether oxygens (including phenoxy) is 1. The molecule has 3 heteroatoms. The highest BCUT2D eigenvalue weighted by Crippen LogP contribution is 2.15. The number of hydrogen-bond acceptors (Lipinski definition) is 3. The van der Waals surface area contributed by atoms with Gasteiger partial charge in [0.1, 0.15) is 5.60 Å². The maximum Gasteiger partial charge on any atom is 0.307 e. The molecular formula is C17H27NO2. The van der Waals surface area contributed by atoms with Crippen molar-refractivity contribution in [2.24, 2.45) is 0 Å². The summed E-state index contributed by atoms with van der Waals surface area (Å²) in [4.78, 5) is 11.9. The fraction of sp³-hybridized carbons (Fsp3) is 0.588. The molecule has 0 fully saturated rings. The van der Waals surface area contributed by atoms with Crippen molar-refractivity contribution in [3.05, 3.63) is 35.9 Å². The van der Waals surface area contributed by atoms with Gasteiger partial charge in [-0.25, -0.2) is 0 Å². The van der Waals surface area contributed by atoms with Crippen LogP contribution in [0.4, 0.5) is 0 Å². The first kappa shape index (κ1) is 16.7. The first-order valence-electron chi connectivity index (χ1n) is 7.34. The number of esters is 1. The number of hydrogen-bond donors (Lipinski definition) is 1. The van der Waals surface area contributed by atoms with Gasteiger partial charge in [-0.1, -0.05) is 37.3 Å². The normalized spacial score (nSPS) is 14.7. The van der Waals surface area contributed by atoms with E-state index in [0.717, 1.165) is 6.42 Å². The van der Waals surface area contributed by atoms with Crippen molar-refractivity contribution >= 4 is 5.97 Å². The lowest BCUT2D eigenvalue weighted by atomic mass is 10.1. The number of nitrogens with one attached hydrogen (secondary N) is 1. The first-order valence-corrected chi connectivity index (χ1v) is 7.34. The van der Waals surface area contributed by atoms with Gasteiger partial charge in [0.25, 0.3) is 0 Å². The fourth-order valence-electron chi connectivity index (χ4n) is 2.10. The van der Waals surface area contributed by atoms with E-state index in [0.29, 0.717) is 6.42 Å². The molecule has 0 aliphatic heterocycles. The summed E-state index contributed by atoms with van der Waals surface area (Å²) in [7, 11) is 0. The lowest BCUT2D eigenvalue weighted by Gasteiger charge is -2.24. The second-order valence-corrected chi connectivity index (χ2v) is 6.19. The van der Waals surface area contributed by atoms with Crippen LogP contribution in [-0.4, -0.2) is 17.6 Å². The number of rotatable bonds is 6. The van der Waals surface area contributed by atoms with Crippen LogP contribution in [-0.2, 0) is 9.53 Å². The van der Waals surface area contributed by atoms with Crippen LogP contribution < -0.4 is 5.32 Å². The van der Waals surface area contributed by atoms with Crippen molar-refractivity contribution in [1.82, 2.24) is 5.32 Å². The second kappa shape index (κ2) is 7.44. The number of carbonyl (C=O) groups excluding carboxylic acids is 1. The molecule has 3 nitrogen and oxygen atoms in total. The third kappa shape index (κ3) is 6.20. The van der Waals surface area contributed by atoms with Crippen LogP contribution >= 0.6 is 0 Å². The van der Waals surface area contributed by atoms with Gasteiger partial charge < -0.3 is 10.1 Å². The van der Waals surface area contributed by atoms with Crippen LogP contribution in [0.2, 0.25) is 0 Å². The Bertz CT molecular complexity index is 409. The maximum atomic E-state index is 11.9. The Morgan fingerprint density at radius 1 is 1.25 bits per heavy atom. The van der Waals surface area contributed by atoms with Crippen molar-refractivity contribution in [3.8, 4) is 0 Å². The number of benzene rings is 1. The Morgan fingerprint density at radius 2 is 1.85 bits per heavy atom. The van der Waals surface area contributed by atoms with Crippen LogP contribution in [0.3, 0.4) is 0 Å². The summed E-state index contributed by atoms with van der Waals surface area (Å²) in [5, 5.41) is 3.50. The molecule has 0 spiro atoms. The van der Waals surface area contributed by atoms with Gasteiger partial charge in [-0.15, -0.1) is 0 Å². The van der Waals surface area contributed by atoms with Gasteiger partial charge in [-0.05, 0) is 39.7 Å². The average molecular weight is 277 g/mol. The molecule has 1 aromatic rings. The number of carbonyl (C=O) groups is 1. The second-order valence-electron chi connectivity index (χ2n) is 6.19. The molecule has 0 radical (unpaired) electrons. The largest absolute Gasteiger partial charge is 0.460 e. The minimum absolute atomic E-state index is 0.139. The predicted octanol–water partition coefficient (Wildman–Crippen LogP) is 3.85. The topological polar surface area (TPSA) is 38.3 Å². The van der Waals surface area contributed by atoms with Gasteiger partial charge in [0.15, 0.2) is 0 Å². The van der Waals surface area contributed by atoms with Crippen molar-refractivity contribution < 1.29 is 9.53 Å². The zero-order valence-electron chi connectivity index (χ0n) is 13.3. The Hall–Kier alpha value is -1.35. The van der Waals surface area contributed by atoms with Crippen molar-refractivity contribution in [3.63, 3.8) is 0 Å². The van der Waals surface area contributed by atoms with Crippen LogP contribution in [0.1, 0.15) is 59.1 Å². The standard InChI is InChI=1S/C17H27NO2/c1-6-15(12-16(19)20-17(3,4)5)18-13(2)14-10-8-7-9-11-14/h7-11,13,15,18H,6,12H2,1-5H3/t13?,15-/m0/s1. The molecule has 1 rings (SSSR count). The van der Waals surface area contributed by atoms with Crippen LogP contribution in [0.5, 0.6) is 0 Å². The summed E-state index contributed by atoms with van der Waals surface area (Å²) in [6.07, 6.45) is 1.31. The molecule has 0 aromatic heterocycles. The maximum absolute atomic E-state index is 11.9. The molecule has 1 aromatic carbocycles. The summed E-state index contributed by atoms with van der Waals surface area (Å²) >= 11 is 0. The minimum Gasteiger partial charge on any atom is -0.460 e. The summed E-state index contributed by atoms with van der Waals surface area (Å²) in [6.45, 7) is 9.89. The van der Waals surface area contributed by atoms with Gasteiger partial charge in [0, 0.05) is 12.1 Å². The smallest absolute Gasteiger partial charge is 0.307 e. The van der Waals surface area contributed by atoms with Crippen LogP contribution in [0.25, 0.3) is 0 Å². The highest BCUT2D eigenvalue weighted by atomic mass is 16.6. The summed E-state index contributed by atoms with van der Waals surface area (Å²) in [6, 6.07) is 10.6. The molecule has 0 aliphatic carbocycles. The monoisotopic (exact) mass is 277 g/mol. The van der Waals surface area contributed by atoms with Crippen LogP contribution in [0.15, 0.2) is 30.3 Å². The zero-order chi connectivity index (χ0) is 15.2. The summed E-state index contributed by atoms with van der Waals surface area (Å²) in [5.74, 6) is -0.142. The highest BCUT2D eigenvalue weighted by Gasteiger charge is 2.20. The molecule has 112 valence electrons. The van der Waals surface area contributed by atoms with E-state index in [-0.39, 0.29) is 18.1 Å².